The average Bonchev–Trinajstić information content (AvgIpc) is 2.91. The highest BCUT2D eigenvalue weighted by Gasteiger charge is 2.23. The zero-order valence-corrected chi connectivity index (χ0v) is 14.1. The summed E-state index contributed by atoms with van der Waals surface area (Å²) in [7, 11) is 0. The van der Waals surface area contributed by atoms with E-state index in [1.54, 1.807) is 0 Å². The van der Waals surface area contributed by atoms with Crippen LogP contribution in [0.2, 0.25) is 0 Å². The van der Waals surface area contributed by atoms with E-state index in [-0.39, 0.29) is 11.9 Å². The molecule has 0 bridgehead atoms. The summed E-state index contributed by atoms with van der Waals surface area (Å²) in [4.78, 5) is 13.7. The van der Waals surface area contributed by atoms with E-state index in [1.165, 1.54) is 19.8 Å². The first-order valence-corrected chi connectivity index (χ1v) is 8.62. The fourth-order valence-corrected chi connectivity index (χ4v) is 3.05. The van der Waals surface area contributed by atoms with Crippen molar-refractivity contribution in [1.82, 2.24) is 15.5 Å². The number of nitrogens with zero attached hydrogens (tertiary/aromatic N) is 3. The van der Waals surface area contributed by atoms with Crippen LogP contribution < -0.4 is 10.2 Å². The Balaban J connectivity index is 1.76. The molecule has 1 aromatic heterocycles. The first kappa shape index (κ1) is 16.5. The van der Waals surface area contributed by atoms with Crippen LogP contribution in [0.4, 0.5) is 6.01 Å². The first-order valence-electron chi connectivity index (χ1n) is 8.62. The summed E-state index contributed by atoms with van der Waals surface area (Å²) in [6.07, 6.45) is 5.43. The van der Waals surface area contributed by atoms with Crippen LogP contribution in [0.1, 0.15) is 50.1 Å². The van der Waals surface area contributed by atoms with E-state index in [4.69, 9.17) is 4.42 Å². The Labute approximate surface area is 142 Å². The third-order valence-electron chi connectivity index (χ3n) is 4.26. The monoisotopic (exact) mass is 328 g/mol. The second kappa shape index (κ2) is 7.95. The highest BCUT2D eigenvalue weighted by atomic mass is 16.4. The van der Waals surface area contributed by atoms with Gasteiger partial charge in [-0.3, -0.25) is 4.79 Å². The third-order valence-corrected chi connectivity index (χ3v) is 4.26. The van der Waals surface area contributed by atoms with Crippen molar-refractivity contribution in [2.24, 2.45) is 0 Å². The molecule has 0 spiro atoms. The minimum Gasteiger partial charge on any atom is -0.406 e. The smallest absolute Gasteiger partial charge is 0.318 e. The molecular formula is C18H24N4O2. The zero-order chi connectivity index (χ0) is 16.8. The zero-order valence-electron chi connectivity index (χ0n) is 14.1. The number of benzene rings is 1. The van der Waals surface area contributed by atoms with Crippen molar-refractivity contribution in [2.75, 3.05) is 18.0 Å². The van der Waals surface area contributed by atoms with Crippen LogP contribution >= 0.6 is 0 Å². The van der Waals surface area contributed by atoms with Crippen LogP contribution in [-0.4, -0.2) is 29.2 Å². The number of carbonyl (C=O) groups is 1. The minimum atomic E-state index is -0.307. The summed E-state index contributed by atoms with van der Waals surface area (Å²) in [6, 6.07) is 10.3. The molecule has 1 amide bonds. The van der Waals surface area contributed by atoms with Gasteiger partial charge in [0.25, 0.3) is 0 Å². The average molecular weight is 328 g/mol. The second-order valence-corrected chi connectivity index (χ2v) is 6.27. The largest absolute Gasteiger partial charge is 0.406 e. The fourth-order valence-electron chi connectivity index (χ4n) is 3.05. The predicted octanol–water partition coefficient (Wildman–Crippen LogP) is 2.87. The van der Waals surface area contributed by atoms with Gasteiger partial charge in [0, 0.05) is 26.4 Å². The lowest BCUT2D eigenvalue weighted by Crippen LogP contribution is -2.28. The number of nitrogens with one attached hydrogen (secondary N) is 1. The summed E-state index contributed by atoms with van der Waals surface area (Å²) < 4.78 is 5.90. The van der Waals surface area contributed by atoms with Crippen LogP contribution in [0, 0.1) is 0 Å². The Kier molecular flexibility index (Phi) is 5.46. The van der Waals surface area contributed by atoms with E-state index in [2.05, 4.69) is 20.4 Å². The van der Waals surface area contributed by atoms with Crippen molar-refractivity contribution in [3.63, 3.8) is 0 Å². The maximum Gasteiger partial charge on any atom is 0.318 e. The molecule has 1 aliphatic rings. The van der Waals surface area contributed by atoms with E-state index in [1.807, 2.05) is 30.3 Å². The Bertz CT molecular complexity index is 648. The lowest BCUT2D eigenvalue weighted by Gasteiger charge is -2.17. The Morgan fingerprint density at radius 2 is 1.88 bits per heavy atom. The minimum absolute atomic E-state index is 0.106. The highest BCUT2D eigenvalue weighted by Crippen LogP contribution is 2.23. The van der Waals surface area contributed by atoms with Gasteiger partial charge in [-0.25, -0.2) is 0 Å². The molecule has 1 aliphatic heterocycles. The van der Waals surface area contributed by atoms with Gasteiger partial charge < -0.3 is 14.6 Å². The molecule has 2 aromatic rings. The number of hydrogen-bond donors (Lipinski definition) is 1. The number of amides is 1. The van der Waals surface area contributed by atoms with Gasteiger partial charge in [-0.2, -0.15) is 0 Å². The van der Waals surface area contributed by atoms with Crippen molar-refractivity contribution in [3.8, 4) is 0 Å². The number of carbonyl (C=O) groups excluding carboxylic acids is 1. The quantitative estimate of drug-likeness (QED) is 0.914. The summed E-state index contributed by atoms with van der Waals surface area (Å²) in [5, 5.41) is 11.3. The van der Waals surface area contributed by atoms with E-state index in [0.29, 0.717) is 18.3 Å². The third kappa shape index (κ3) is 4.34. The van der Waals surface area contributed by atoms with Gasteiger partial charge in [-0.1, -0.05) is 48.3 Å². The molecule has 24 heavy (non-hydrogen) atoms. The van der Waals surface area contributed by atoms with Crippen molar-refractivity contribution in [2.45, 2.75) is 45.1 Å². The topological polar surface area (TPSA) is 71.3 Å². The number of rotatable bonds is 5. The van der Waals surface area contributed by atoms with Gasteiger partial charge in [0.2, 0.25) is 11.8 Å². The lowest BCUT2D eigenvalue weighted by molar-refractivity contribution is -0.119. The van der Waals surface area contributed by atoms with Gasteiger partial charge in [-0.05, 0) is 18.4 Å². The molecule has 6 heteroatoms. The molecule has 3 rings (SSSR count). The highest BCUT2D eigenvalue weighted by molar-refractivity contribution is 5.73. The normalized spacial score (nSPS) is 16.5. The van der Waals surface area contributed by atoms with Crippen molar-refractivity contribution in [3.05, 3.63) is 41.8 Å². The van der Waals surface area contributed by atoms with Gasteiger partial charge in [0.1, 0.15) is 6.04 Å². The molecule has 0 radical (unpaired) electrons. The van der Waals surface area contributed by atoms with Crippen LogP contribution in [0.15, 0.2) is 34.7 Å². The molecule has 0 aliphatic carbocycles. The second-order valence-electron chi connectivity index (χ2n) is 6.27. The summed E-state index contributed by atoms with van der Waals surface area (Å²) in [5.74, 6) is 0.360. The number of hydrogen-bond acceptors (Lipinski definition) is 5. The van der Waals surface area contributed by atoms with E-state index in [0.717, 1.165) is 31.5 Å². The van der Waals surface area contributed by atoms with Crippen LogP contribution in [0.25, 0.3) is 0 Å². The molecule has 1 N–H and O–H groups in total. The molecule has 1 fully saturated rings. The molecule has 1 atom stereocenters. The number of anilines is 1. The molecule has 1 aromatic carbocycles. The van der Waals surface area contributed by atoms with E-state index in [9.17, 15) is 4.79 Å². The maximum absolute atomic E-state index is 11.6. The fraction of sp³-hybridized carbons (Fsp3) is 0.500. The van der Waals surface area contributed by atoms with Gasteiger partial charge in [-0.15, -0.1) is 5.10 Å². The summed E-state index contributed by atoms with van der Waals surface area (Å²) in [5.41, 5.74) is 1.12. The molecule has 2 heterocycles. The molecular weight excluding hydrogens is 304 g/mol. The summed E-state index contributed by atoms with van der Waals surface area (Å²) >= 11 is 0. The first-order chi connectivity index (χ1) is 11.7. The molecule has 1 saturated heterocycles. The van der Waals surface area contributed by atoms with Gasteiger partial charge in [0.15, 0.2) is 0 Å². The molecule has 0 saturated carbocycles. The van der Waals surface area contributed by atoms with Crippen LogP contribution in [0.5, 0.6) is 0 Å². The summed E-state index contributed by atoms with van der Waals surface area (Å²) in [6.45, 7) is 3.40. The molecule has 6 nitrogen and oxygen atoms in total. The van der Waals surface area contributed by atoms with Gasteiger partial charge in [0.05, 0.1) is 0 Å². The van der Waals surface area contributed by atoms with Crippen LogP contribution in [-0.2, 0) is 11.2 Å². The van der Waals surface area contributed by atoms with Crippen molar-refractivity contribution < 1.29 is 9.21 Å². The van der Waals surface area contributed by atoms with Gasteiger partial charge >= 0.3 is 6.01 Å². The molecule has 0 unspecified atom stereocenters. The van der Waals surface area contributed by atoms with Crippen molar-refractivity contribution in [1.29, 1.82) is 0 Å². The van der Waals surface area contributed by atoms with Crippen molar-refractivity contribution >= 4 is 11.9 Å². The van der Waals surface area contributed by atoms with E-state index < -0.39 is 0 Å². The number of aromatic nitrogens is 2. The van der Waals surface area contributed by atoms with E-state index >= 15 is 0 Å². The lowest BCUT2D eigenvalue weighted by atomic mass is 10.1. The Morgan fingerprint density at radius 3 is 2.54 bits per heavy atom. The van der Waals surface area contributed by atoms with Crippen LogP contribution in [0.3, 0.4) is 0 Å². The standard InChI is InChI=1S/C18H24N4O2/c1-14(23)19-16(13-15-9-5-4-6-10-15)17-20-21-18(24-17)22-11-7-2-3-8-12-22/h4-6,9-10,16H,2-3,7-8,11-13H2,1H3,(H,19,23)/t16-/m1/s1. The Hall–Kier alpha value is -2.37. The maximum atomic E-state index is 11.6. The SMILES string of the molecule is CC(=O)N[C@H](Cc1ccccc1)c1nnc(N2CCCCCC2)o1. The predicted molar refractivity (Wildman–Crippen MR) is 91.7 cm³/mol. The Morgan fingerprint density at radius 1 is 1.17 bits per heavy atom. The molecule has 128 valence electrons.